The molecule has 1 N–H and O–H groups in total. The summed E-state index contributed by atoms with van der Waals surface area (Å²) in [6, 6.07) is 9.74. The Morgan fingerprint density at radius 3 is 2.89 bits per heavy atom. The molecule has 0 spiro atoms. The number of nitrogens with one attached hydrogen (secondary N) is 1. The van der Waals surface area contributed by atoms with Crippen LogP contribution in [0.15, 0.2) is 42.4 Å². The number of hydrogen-bond donors (Lipinski definition) is 1. The molecule has 0 unspecified atom stereocenters. The van der Waals surface area contributed by atoms with Crippen LogP contribution in [0.3, 0.4) is 0 Å². The van der Waals surface area contributed by atoms with Crippen molar-refractivity contribution in [3.63, 3.8) is 0 Å². The number of fused-ring (bicyclic) bond motifs is 5. The summed E-state index contributed by atoms with van der Waals surface area (Å²) in [5.41, 5.74) is 2.04. The quantitative estimate of drug-likeness (QED) is 0.787. The van der Waals surface area contributed by atoms with Crippen molar-refractivity contribution in [3.05, 3.63) is 58.6 Å². The first-order chi connectivity index (χ1) is 10.1. The summed E-state index contributed by atoms with van der Waals surface area (Å²) in [5, 5.41) is 3.98. The van der Waals surface area contributed by atoms with Crippen LogP contribution < -0.4 is 10.1 Å². The molecule has 2 aliphatic heterocycles. The van der Waals surface area contributed by atoms with Crippen molar-refractivity contribution < 1.29 is 7.48 Å². The van der Waals surface area contributed by atoms with E-state index in [0.29, 0.717) is 22.9 Å². The van der Waals surface area contributed by atoms with Crippen molar-refractivity contribution in [3.8, 4) is 11.5 Å². The van der Waals surface area contributed by atoms with Gasteiger partial charge in [-0.2, -0.15) is 0 Å². The van der Waals surface area contributed by atoms with Gasteiger partial charge in [0.2, 0.25) is 0 Å². The van der Waals surface area contributed by atoms with E-state index in [9.17, 15) is 0 Å². The van der Waals surface area contributed by atoms with Crippen LogP contribution in [0, 0.1) is 0 Å². The van der Waals surface area contributed by atoms with Crippen molar-refractivity contribution in [2.24, 2.45) is 0 Å². The topological polar surface area (TPSA) is 21.3 Å². The number of rotatable bonds is 0. The molecule has 0 radical (unpaired) electrons. The van der Waals surface area contributed by atoms with Gasteiger partial charge in [-0.3, -0.25) is 0 Å². The van der Waals surface area contributed by atoms with Crippen LogP contribution in [0.25, 0.3) is 0 Å². The summed E-state index contributed by atoms with van der Waals surface area (Å²) in [5.74, 6) is 1.82. The van der Waals surface area contributed by atoms with Crippen LogP contribution in [0.5, 0.6) is 11.5 Å². The highest BCUT2D eigenvalue weighted by Gasteiger charge is 2.35. The number of para-hydroxylation sites is 1. The van der Waals surface area contributed by atoms with Gasteiger partial charge in [0, 0.05) is 35.5 Å². The van der Waals surface area contributed by atoms with E-state index in [0.717, 1.165) is 30.0 Å². The predicted molar refractivity (Wildman–Crippen MR) is 76.3 cm³/mol. The summed E-state index contributed by atoms with van der Waals surface area (Å²) >= 11 is 6.14. The molecule has 19 heavy (non-hydrogen) atoms. The van der Waals surface area contributed by atoms with E-state index in [2.05, 4.69) is 5.32 Å². The molecule has 0 bridgehead atoms. The molecule has 1 fully saturated rings. The SMILES string of the molecule is [3H]c1ccc2c(c1)[C@@H]1CNC[C@H]1c1cc(Cl)cc([3H])c1O2. The Kier molecular flexibility index (Phi) is 2.11. The summed E-state index contributed by atoms with van der Waals surface area (Å²) in [6.45, 7) is 1.69. The summed E-state index contributed by atoms with van der Waals surface area (Å²) in [4.78, 5) is 0. The molecule has 2 aromatic carbocycles. The molecule has 0 aliphatic carbocycles. The zero-order chi connectivity index (χ0) is 14.6. The number of benzene rings is 2. The van der Waals surface area contributed by atoms with Gasteiger partial charge in [0.15, 0.2) is 0 Å². The summed E-state index contributed by atoms with van der Waals surface area (Å²) in [7, 11) is 0. The molecule has 2 aromatic rings. The Hall–Kier alpha value is -1.51. The molecule has 2 nitrogen and oxygen atoms in total. The second kappa shape index (κ2) is 4.26. The largest absolute Gasteiger partial charge is 0.457 e. The van der Waals surface area contributed by atoms with Crippen LogP contribution in [0.1, 0.15) is 25.7 Å². The third-order valence-electron chi connectivity index (χ3n) is 3.98. The van der Waals surface area contributed by atoms with Crippen LogP contribution in [-0.4, -0.2) is 13.1 Å². The molecule has 0 saturated carbocycles. The number of hydrogen-bond acceptors (Lipinski definition) is 2. The van der Waals surface area contributed by atoms with E-state index in [-0.39, 0.29) is 11.8 Å². The standard InChI is InChI=1S/C16H14ClNO/c17-10-5-6-16-12(7-10)14-9-18-8-13(14)11-3-1-2-4-15(11)19-16/h1-7,13-14,18H,8-9H2/t13-,14-/m0/s1/i1T,6T. The lowest BCUT2D eigenvalue weighted by Gasteiger charge is -2.17. The minimum absolute atomic E-state index is 0.228. The third kappa shape index (κ3) is 1.75. The van der Waals surface area contributed by atoms with Gasteiger partial charge in [-0.15, -0.1) is 0 Å². The second-order valence-electron chi connectivity index (χ2n) is 5.04. The summed E-state index contributed by atoms with van der Waals surface area (Å²) < 4.78 is 22.0. The molecule has 3 heteroatoms. The maximum atomic E-state index is 8.15. The zero-order valence-electron chi connectivity index (χ0n) is 12.2. The Balaban J connectivity index is 1.97. The average molecular weight is 276 g/mol. The van der Waals surface area contributed by atoms with E-state index < -0.39 is 0 Å². The number of ether oxygens (including phenoxy) is 1. The highest BCUT2D eigenvalue weighted by molar-refractivity contribution is 6.30. The first kappa shape index (κ1) is 9.40. The molecular weight excluding hydrogens is 258 g/mol. The molecule has 96 valence electrons. The third-order valence-corrected chi connectivity index (χ3v) is 4.19. The highest BCUT2D eigenvalue weighted by atomic mass is 35.5. The Bertz CT molecular complexity index is 734. The minimum Gasteiger partial charge on any atom is -0.457 e. The van der Waals surface area contributed by atoms with Crippen LogP contribution >= 0.6 is 11.6 Å². The van der Waals surface area contributed by atoms with Crippen molar-refractivity contribution in [2.75, 3.05) is 13.1 Å². The van der Waals surface area contributed by atoms with Crippen molar-refractivity contribution in [1.82, 2.24) is 5.32 Å². The van der Waals surface area contributed by atoms with Gasteiger partial charge in [-0.05, 0) is 29.8 Å². The predicted octanol–water partition coefficient (Wildman–Crippen LogP) is 3.92. The molecule has 1 saturated heterocycles. The molecular formula is C16H14ClNO. The molecule has 2 aliphatic rings. The maximum Gasteiger partial charge on any atom is 0.131 e. The smallest absolute Gasteiger partial charge is 0.131 e. The molecule has 4 rings (SSSR count). The van der Waals surface area contributed by atoms with Gasteiger partial charge in [-0.25, -0.2) is 0 Å². The molecule has 0 aromatic heterocycles. The van der Waals surface area contributed by atoms with Gasteiger partial charge in [0.25, 0.3) is 0 Å². The minimum atomic E-state index is 0.228. The van der Waals surface area contributed by atoms with Gasteiger partial charge in [0.05, 0.1) is 2.74 Å². The first-order valence-electron chi connectivity index (χ1n) is 7.42. The molecule has 2 heterocycles. The van der Waals surface area contributed by atoms with Gasteiger partial charge >= 0.3 is 0 Å². The Morgan fingerprint density at radius 1 is 1.16 bits per heavy atom. The maximum absolute atomic E-state index is 8.15. The van der Waals surface area contributed by atoms with E-state index in [1.54, 1.807) is 12.1 Å². The number of halogens is 1. The monoisotopic (exact) mass is 275 g/mol. The van der Waals surface area contributed by atoms with Crippen LogP contribution in [0.2, 0.25) is 5.02 Å². The van der Waals surface area contributed by atoms with Crippen LogP contribution in [0.4, 0.5) is 0 Å². The molecule has 2 atom stereocenters. The van der Waals surface area contributed by atoms with Gasteiger partial charge in [0.1, 0.15) is 11.5 Å². The van der Waals surface area contributed by atoms with E-state index in [4.69, 9.17) is 19.1 Å². The van der Waals surface area contributed by atoms with Gasteiger partial charge < -0.3 is 10.1 Å². The highest BCUT2D eigenvalue weighted by Crippen LogP contribution is 2.48. The van der Waals surface area contributed by atoms with E-state index in [1.165, 1.54) is 0 Å². The van der Waals surface area contributed by atoms with E-state index >= 15 is 0 Å². The fraction of sp³-hybridized carbons (Fsp3) is 0.250. The van der Waals surface area contributed by atoms with Crippen molar-refractivity contribution >= 4 is 11.6 Å². The average Bonchev–Trinajstić information content (AvgIpc) is 2.87. The molecule has 0 amide bonds. The first-order valence-corrected chi connectivity index (χ1v) is 6.80. The van der Waals surface area contributed by atoms with E-state index in [1.807, 2.05) is 18.2 Å². The lowest BCUT2D eigenvalue weighted by atomic mass is 9.84. The zero-order valence-corrected chi connectivity index (χ0v) is 11.0. The van der Waals surface area contributed by atoms with Crippen molar-refractivity contribution in [2.45, 2.75) is 11.8 Å². The lowest BCUT2D eigenvalue weighted by molar-refractivity contribution is 0.476. The summed E-state index contributed by atoms with van der Waals surface area (Å²) in [6.07, 6.45) is 0. The lowest BCUT2D eigenvalue weighted by Crippen LogP contribution is -2.08. The second-order valence-corrected chi connectivity index (χ2v) is 5.48. The normalized spacial score (nSPS) is 25.3. The van der Waals surface area contributed by atoms with Gasteiger partial charge in [-0.1, -0.05) is 29.8 Å². The van der Waals surface area contributed by atoms with Crippen molar-refractivity contribution in [1.29, 1.82) is 0 Å². The fourth-order valence-corrected chi connectivity index (χ4v) is 3.26. The Labute approximate surface area is 120 Å². The Morgan fingerprint density at radius 2 is 2.00 bits per heavy atom. The fourth-order valence-electron chi connectivity index (χ4n) is 3.09. The van der Waals surface area contributed by atoms with Crippen LogP contribution in [-0.2, 0) is 0 Å².